The molecule has 0 spiro atoms. The van der Waals surface area contributed by atoms with Gasteiger partial charge in [0.2, 0.25) is 15.9 Å². The number of carbonyl (C=O) groups is 2. The third-order valence-electron chi connectivity index (χ3n) is 6.73. The second-order valence-corrected chi connectivity index (χ2v) is 13.0. The number of hydrogen-bond donors (Lipinski definition) is 3. The van der Waals surface area contributed by atoms with Crippen LogP contribution in [0.15, 0.2) is 54.6 Å². The molecule has 0 aliphatic heterocycles. The van der Waals surface area contributed by atoms with E-state index in [0.717, 1.165) is 4.31 Å². The molecule has 9 nitrogen and oxygen atoms in total. The van der Waals surface area contributed by atoms with Gasteiger partial charge in [-0.3, -0.25) is 13.9 Å². The molecule has 2 aromatic rings. The van der Waals surface area contributed by atoms with Crippen LogP contribution >= 0.6 is 0 Å². The summed E-state index contributed by atoms with van der Waals surface area (Å²) in [7, 11) is -2.25. The molecule has 0 saturated carbocycles. The third-order valence-corrected chi connectivity index (χ3v) is 8.48. The van der Waals surface area contributed by atoms with Gasteiger partial charge in [-0.05, 0) is 48.4 Å². The Morgan fingerprint density at radius 3 is 2.20 bits per heavy atom. The Labute approximate surface area is 238 Å². The fourth-order valence-electron chi connectivity index (χ4n) is 4.23. The lowest BCUT2D eigenvalue weighted by Crippen LogP contribution is -2.47. The zero-order chi connectivity index (χ0) is 30.0. The minimum atomic E-state index is -3.70. The summed E-state index contributed by atoms with van der Waals surface area (Å²) in [4.78, 5) is 25.9. The third kappa shape index (κ3) is 9.65. The van der Waals surface area contributed by atoms with Crippen molar-refractivity contribution in [1.29, 1.82) is 5.26 Å². The fraction of sp³-hybridized carbons (Fsp3) is 0.500. The van der Waals surface area contributed by atoms with Gasteiger partial charge in [0.15, 0.2) is 0 Å². The maximum Gasteiger partial charge on any atom is 0.251 e. The highest BCUT2D eigenvalue weighted by molar-refractivity contribution is 7.92. The van der Waals surface area contributed by atoms with Gasteiger partial charge in [-0.1, -0.05) is 71.0 Å². The number of anilines is 1. The lowest BCUT2D eigenvalue weighted by molar-refractivity contribution is -0.126. The van der Waals surface area contributed by atoms with E-state index in [9.17, 15) is 28.4 Å². The van der Waals surface area contributed by atoms with E-state index in [1.807, 2.05) is 33.8 Å². The van der Waals surface area contributed by atoms with E-state index in [4.69, 9.17) is 0 Å². The van der Waals surface area contributed by atoms with Crippen LogP contribution in [0, 0.1) is 29.1 Å². The molecule has 218 valence electrons. The maximum atomic E-state index is 13.2. The number of amides is 2. The van der Waals surface area contributed by atoms with Crippen LogP contribution in [0.25, 0.3) is 0 Å². The number of sulfonamides is 1. The minimum Gasteiger partial charge on any atom is -0.391 e. The summed E-state index contributed by atoms with van der Waals surface area (Å²) in [5.41, 5.74) is 1.25. The Morgan fingerprint density at radius 2 is 1.62 bits per heavy atom. The summed E-state index contributed by atoms with van der Waals surface area (Å²) in [5.74, 6) is -1.46. The molecule has 0 aromatic heterocycles. The number of nitrogens with zero attached hydrogens (tertiary/aromatic N) is 2. The molecule has 0 saturated heterocycles. The molecule has 0 aliphatic carbocycles. The van der Waals surface area contributed by atoms with Crippen molar-refractivity contribution >= 4 is 27.5 Å². The molecular formula is C30H42N4O5S. The molecule has 0 aliphatic rings. The van der Waals surface area contributed by atoms with Gasteiger partial charge < -0.3 is 15.7 Å². The summed E-state index contributed by atoms with van der Waals surface area (Å²) in [6.07, 6.45) is -0.442. The molecule has 2 rings (SSSR count). The molecule has 0 fully saturated rings. The van der Waals surface area contributed by atoms with Gasteiger partial charge in [-0.25, -0.2) is 8.42 Å². The van der Waals surface area contributed by atoms with Crippen molar-refractivity contribution in [3.05, 3.63) is 65.7 Å². The van der Waals surface area contributed by atoms with E-state index in [-0.39, 0.29) is 35.5 Å². The number of benzene rings is 2. The van der Waals surface area contributed by atoms with Gasteiger partial charge in [0.25, 0.3) is 5.91 Å². The van der Waals surface area contributed by atoms with E-state index < -0.39 is 40.0 Å². The first-order valence-electron chi connectivity index (χ1n) is 13.5. The maximum absolute atomic E-state index is 13.2. The Hall–Kier alpha value is -3.42. The highest BCUT2D eigenvalue weighted by Crippen LogP contribution is 2.22. The van der Waals surface area contributed by atoms with Crippen molar-refractivity contribution in [1.82, 2.24) is 10.6 Å². The molecule has 3 N–H and O–H groups in total. The predicted molar refractivity (Wildman–Crippen MR) is 157 cm³/mol. The number of rotatable bonds is 14. The molecule has 2 aromatic carbocycles. The molecule has 0 radical (unpaired) electrons. The zero-order valence-electron chi connectivity index (χ0n) is 24.2. The van der Waals surface area contributed by atoms with Gasteiger partial charge in [0.05, 0.1) is 29.7 Å². The molecule has 10 heteroatoms. The first-order chi connectivity index (χ1) is 18.7. The van der Waals surface area contributed by atoms with Crippen LogP contribution in [-0.2, 0) is 20.6 Å². The van der Waals surface area contributed by atoms with Crippen LogP contribution < -0.4 is 14.9 Å². The largest absolute Gasteiger partial charge is 0.391 e. The number of hydrogen-bond acceptors (Lipinski definition) is 6. The second-order valence-electron chi connectivity index (χ2n) is 11.0. The lowest BCUT2D eigenvalue weighted by Gasteiger charge is -2.28. The second kappa shape index (κ2) is 14.8. The van der Waals surface area contributed by atoms with Crippen molar-refractivity contribution in [2.75, 3.05) is 11.4 Å². The van der Waals surface area contributed by atoms with E-state index in [0.29, 0.717) is 17.7 Å². The fourth-order valence-corrected chi connectivity index (χ4v) is 5.48. The Morgan fingerprint density at radius 1 is 0.975 bits per heavy atom. The van der Waals surface area contributed by atoms with E-state index in [1.165, 1.54) is 13.1 Å². The number of nitriles is 1. The molecule has 0 heterocycles. The standard InChI is InChI=1S/C30H42N4O5S/c1-20(2)15-26(28(35)16-22(5)29(36)33-27(18-31)21(3)4)32-30(37)24-13-10-14-25(17-24)34(6)40(38,39)19-23-11-8-7-9-12-23/h7-14,17,20-22,26-28,35H,15-16,19H2,1-6H3,(H,32,37)(H,33,36)/t22?,26?,27-,28?/m1/s1. The Bertz CT molecular complexity index is 1270. The highest BCUT2D eigenvalue weighted by Gasteiger charge is 2.28. The van der Waals surface area contributed by atoms with Crippen molar-refractivity contribution < 1.29 is 23.1 Å². The topological polar surface area (TPSA) is 140 Å². The normalized spacial score (nSPS) is 14.6. The summed E-state index contributed by atoms with van der Waals surface area (Å²) in [6, 6.07) is 16.0. The quantitative estimate of drug-likeness (QED) is 0.315. The predicted octanol–water partition coefficient (Wildman–Crippen LogP) is 3.85. The number of aliphatic hydroxyl groups excluding tert-OH is 1. The summed E-state index contributed by atoms with van der Waals surface area (Å²) >= 11 is 0. The van der Waals surface area contributed by atoms with E-state index in [1.54, 1.807) is 49.4 Å². The van der Waals surface area contributed by atoms with Gasteiger partial charge >= 0.3 is 0 Å². The lowest BCUT2D eigenvalue weighted by atomic mass is 9.92. The van der Waals surface area contributed by atoms with Gasteiger partial charge in [-0.2, -0.15) is 5.26 Å². The molecule has 4 atom stereocenters. The van der Waals surface area contributed by atoms with Crippen molar-refractivity contribution in [3.8, 4) is 6.07 Å². The molecule has 0 bridgehead atoms. The summed E-state index contributed by atoms with van der Waals surface area (Å²) < 4.78 is 27.1. The van der Waals surface area contributed by atoms with E-state index >= 15 is 0 Å². The van der Waals surface area contributed by atoms with Crippen LogP contribution in [0.3, 0.4) is 0 Å². The smallest absolute Gasteiger partial charge is 0.251 e. The zero-order valence-corrected chi connectivity index (χ0v) is 25.0. The molecule has 2 amide bonds. The monoisotopic (exact) mass is 570 g/mol. The van der Waals surface area contributed by atoms with Crippen molar-refractivity contribution in [3.63, 3.8) is 0 Å². The SMILES string of the molecule is CC(C)CC(NC(=O)c1cccc(N(C)S(=O)(=O)Cc2ccccc2)c1)C(O)CC(C)C(=O)N[C@H](C#N)C(C)C. The first kappa shape index (κ1) is 32.8. The summed E-state index contributed by atoms with van der Waals surface area (Å²) in [6.45, 7) is 9.29. The van der Waals surface area contributed by atoms with Crippen LogP contribution in [0.2, 0.25) is 0 Å². The molecule has 40 heavy (non-hydrogen) atoms. The van der Waals surface area contributed by atoms with Gasteiger partial charge in [0.1, 0.15) is 6.04 Å². The van der Waals surface area contributed by atoms with Crippen LogP contribution in [0.4, 0.5) is 5.69 Å². The highest BCUT2D eigenvalue weighted by atomic mass is 32.2. The molecule has 3 unspecified atom stereocenters. The summed E-state index contributed by atoms with van der Waals surface area (Å²) in [5, 5.41) is 25.9. The van der Waals surface area contributed by atoms with E-state index in [2.05, 4.69) is 16.7 Å². The van der Waals surface area contributed by atoms with Gasteiger partial charge in [0, 0.05) is 18.5 Å². The van der Waals surface area contributed by atoms with Crippen LogP contribution in [0.1, 0.15) is 63.4 Å². The average molecular weight is 571 g/mol. The number of aliphatic hydroxyl groups is 1. The molecular weight excluding hydrogens is 528 g/mol. The van der Waals surface area contributed by atoms with Crippen LogP contribution in [-0.4, -0.2) is 50.6 Å². The number of nitrogens with one attached hydrogen (secondary N) is 2. The first-order valence-corrected chi connectivity index (χ1v) is 15.2. The Balaban J connectivity index is 2.14. The average Bonchev–Trinajstić information content (AvgIpc) is 2.90. The van der Waals surface area contributed by atoms with Crippen molar-refractivity contribution in [2.45, 2.75) is 71.4 Å². The minimum absolute atomic E-state index is 0.0535. The van der Waals surface area contributed by atoms with Gasteiger partial charge in [-0.15, -0.1) is 0 Å². The number of carbonyl (C=O) groups excluding carboxylic acids is 2. The van der Waals surface area contributed by atoms with Crippen LogP contribution in [0.5, 0.6) is 0 Å². The van der Waals surface area contributed by atoms with Crippen molar-refractivity contribution in [2.24, 2.45) is 17.8 Å². The Kier molecular flexibility index (Phi) is 12.1.